The van der Waals surface area contributed by atoms with Gasteiger partial charge < -0.3 is 15.0 Å². The van der Waals surface area contributed by atoms with Crippen LogP contribution in [-0.4, -0.2) is 60.5 Å². The van der Waals surface area contributed by atoms with E-state index in [0.29, 0.717) is 5.69 Å². The van der Waals surface area contributed by atoms with Crippen LogP contribution in [0.15, 0.2) is 53.9 Å². The fourth-order valence-corrected chi connectivity index (χ4v) is 4.41. The molecule has 2 heterocycles. The van der Waals surface area contributed by atoms with Gasteiger partial charge in [0, 0.05) is 54.9 Å². The summed E-state index contributed by atoms with van der Waals surface area (Å²) in [7, 11) is 1.65. The molecule has 10 heteroatoms. The molecule has 0 unspecified atom stereocenters. The highest BCUT2D eigenvalue weighted by Gasteiger charge is 2.21. The number of methoxy groups -OCH3 is 1. The van der Waals surface area contributed by atoms with Gasteiger partial charge in [-0.2, -0.15) is 0 Å². The molecule has 1 aliphatic heterocycles. The molecule has 1 saturated heterocycles. The highest BCUT2D eigenvalue weighted by atomic mass is 32.1. The van der Waals surface area contributed by atoms with E-state index in [-0.39, 0.29) is 18.1 Å². The van der Waals surface area contributed by atoms with Gasteiger partial charge in [-0.25, -0.2) is 4.98 Å². The highest BCUT2D eigenvalue weighted by Crippen LogP contribution is 2.29. The lowest BCUT2D eigenvalue weighted by molar-refractivity contribution is -0.384. The van der Waals surface area contributed by atoms with E-state index in [4.69, 9.17) is 9.72 Å². The van der Waals surface area contributed by atoms with Gasteiger partial charge in [-0.05, 0) is 18.2 Å². The molecular weight excluding hydrogens is 430 g/mol. The van der Waals surface area contributed by atoms with Crippen molar-refractivity contribution in [1.29, 1.82) is 0 Å². The summed E-state index contributed by atoms with van der Waals surface area (Å²) in [5, 5.41) is 16.6. The van der Waals surface area contributed by atoms with E-state index < -0.39 is 4.92 Å². The Bertz CT molecular complexity index is 1110. The number of amides is 1. The number of nitrogens with zero attached hydrogens (tertiary/aromatic N) is 4. The summed E-state index contributed by atoms with van der Waals surface area (Å²) in [6.07, 6.45) is 0. The molecular formula is C22H23N5O4S. The molecule has 2 aromatic carbocycles. The predicted octanol–water partition coefficient (Wildman–Crippen LogP) is 3.49. The normalized spacial score (nSPS) is 14.2. The minimum Gasteiger partial charge on any atom is -0.497 e. The van der Waals surface area contributed by atoms with Gasteiger partial charge in [0.05, 0.1) is 24.3 Å². The molecule has 166 valence electrons. The van der Waals surface area contributed by atoms with Crippen molar-refractivity contribution in [2.24, 2.45) is 0 Å². The maximum Gasteiger partial charge on any atom is 0.271 e. The van der Waals surface area contributed by atoms with E-state index in [1.165, 1.54) is 12.1 Å². The fourth-order valence-electron chi connectivity index (χ4n) is 3.52. The summed E-state index contributed by atoms with van der Waals surface area (Å²) in [4.78, 5) is 31.8. The number of thiazole rings is 1. The van der Waals surface area contributed by atoms with Gasteiger partial charge in [0.25, 0.3) is 5.69 Å². The van der Waals surface area contributed by atoms with Crippen LogP contribution in [0.1, 0.15) is 0 Å². The predicted molar refractivity (Wildman–Crippen MR) is 124 cm³/mol. The topological polar surface area (TPSA) is 101 Å². The maximum absolute atomic E-state index is 12.4. The standard InChI is InChI=1S/C22H23N5O4S/c1-31-19-7-2-4-16(12-19)20-15-32-22(24-20)26-10-8-25(9-11-26)14-21(28)23-17-5-3-6-18(13-17)27(29)30/h2-7,12-13,15H,8-11,14H2,1H3,(H,23,28). The Labute approximate surface area is 189 Å². The first-order chi connectivity index (χ1) is 15.5. The maximum atomic E-state index is 12.4. The number of anilines is 2. The molecule has 3 aromatic rings. The van der Waals surface area contributed by atoms with E-state index in [2.05, 4.69) is 15.1 Å². The molecule has 4 rings (SSSR count). The molecule has 0 bridgehead atoms. The second kappa shape index (κ2) is 9.75. The molecule has 9 nitrogen and oxygen atoms in total. The number of nitro benzene ring substituents is 1. The van der Waals surface area contributed by atoms with Gasteiger partial charge in [-0.15, -0.1) is 11.3 Å². The first-order valence-electron chi connectivity index (χ1n) is 10.1. The third-order valence-electron chi connectivity index (χ3n) is 5.21. The average Bonchev–Trinajstić information content (AvgIpc) is 3.30. The van der Waals surface area contributed by atoms with Crippen molar-refractivity contribution in [1.82, 2.24) is 9.88 Å². The van der Waals surface area contributed by atoms with Gasteiger partial charge in [-0.3, -0.25) is 19.8 Å². The zero-order valence-electron chi connectivity index (χ0n) is 17.6. The van der Waals surface area contributed by atoms with E-state index in [0.717, 1.165) is 48.3 Å². The third kappa shape index (κ3) is 5.21. The zero-order valence-corrected chi connectivity index (χ0v) is 18.4. The number of piperazine rings is 1. The Morgan fingerprint density at radius 3 is 2.72 bits per heavy atom. The molecule has 1 amide bonds. The van der Waals surface area contributed by atoms with E-state index in [1.54, 1.807) is 30.6 Å². The summed E-state index contributed by atoms with van der Waals surface area (Å²) < 4.78 is 5.29. The summed E-state index contributed by atoms with van der Waals surface area (Å²) in [5.74, 6) is 0.613. The second-order valence-corrected chi connectivity index (χ2v) is 8.20. The number of aromatic nitrogens is 1. The summed E-state index contributed by atoms with van der Waals surface area (Å²) in [5.41, 5.74) is 2.31. The number of non-ortho nitro benzene ring substituents is 1. The van der Waals surface area contributed by atoms with E-state index in [9.17, 15) is 14.9 Å². The number of hydrogen-bond acceptors (Lipinski definition) is 8. The van der Waals surface area contributed by atoms with Crippen LogP contribution in [0.25, 0.3) is 11.3 Å². The van der Waals surface area contributed by atoms with Gasteiger partial charge in [-0.1, -0.05) is 18.2 Å². The molecule has 0 saturated carbocycles. The van der Waals surface area contributed by atoms with Crippen LogP contribution in [-0.2, 0) is 4.79 Å². The van der Waals surface area contributed by atoms with Crippen molar-refractivity contribution in [3.8, 4) is 17.0 Å². The molecule has 1 aliphatic rings. The van der Waals surface area contributed by atoms with Crippen LogP contribution in [0.3, 0.4) is 0 Å². The monoisotopic (exact) mass is 453 g/mol. The minimum absolute atomic E-state index is 0.0480. The number of hydrogen-bond donors (Lipinski definition) is 1. The molecule has 32 heavy (non-hydrogen) atoms. The first kappa shape index (κ1) is 21.7. The number of carbonyl (C=O) groups is 1. The number of ether oxygens (including phenoxy) is 1. The average molecular weight is 454 g/mol. The Hall–Kier alpha value is -3.50. The Morgan fingerprint density at radius 1 is 1.19 bits per heavy atom. The summed E-state index contributed by atoms with van der Waals surface area (Å²) in [6.45, 7) is 3.25. The number of benzene rings is 2. The lowest BCUT2D eigenvalue weighted by Gasteiger charge is -2.34. The molecule has 1 fully saturated rings. The van der Waals surface area contributed by atoms with E-state index in [1.807, 2.05) is 29.6 Å². The Kier molecular flexibility index (Phi) is 6.62. The van der Waals surface area contributed by atoms with Crippen molar-refractivity contribution in [3.63, 3.8) is 0 Å². The quantitative estimate of drug-likeness (QED) is 0.432. The van der Waals surface area contributed by atoms with Crippen molar-refractivity contribution >= 4 is 33.8 Å². The largest absolute Gasteiger partial charge is 0.497 e. The Balaban J connectivity index is 1.30. The SMILES string of the molecule is COc1cccc(-c2csc(N3CCN(CC(=O)Nc4cccc([N+](=O)[O-])c4)CC3)n2)c1. The van der Waals surface area contributed by atoms with Crippen molar-refractivity contribution < 1.29 is 14.5 Å². The van der Waals surface area contributed by atoms with Crippen LogP contribution < -0.4 is 15.0 Å². The first-order valence-corrected chi connectivity index (χ1v) is 11.0. The number of nitro groups is 1. The van der Waals surface area contributed by atoms with Gasteiger partial charge >= 0.3 is 0 Å². The van der Waals surface area contributed by atoms with Crippen molar-refractivity contribution in [2.45, 2.75) is 0 Å². The lowest BCUT2D eigenvalue weighted by Crippen LogP contribution is -2.48. The number of nitrogens with one attached hydrogen (secondary N) is 1. The van der Waals surface area contributed by atoms with Gasteiger partial charge in [0.2, 0.25) is 5.91 Å². The van der Waals surface area contributed by atoms with Crippen LogP contribution in [0.4, 0.5) is 16.5 Å². The molecule has 1 N–H and O–H groups in total. The zero-order chi connectivity index (χ0) is 22.5. The fraction of sp³-hybridized carbons (Fsp3) is 0.273. The van der Waals surface area contributed by atoms with E-state index >= 15 is 0 Å². The molecule has 0 aliphatic carbocycles. The summed E-state index contributed by atoms with van der Waals surface area (Å²) in [6, 6.07) is 13.8. The van der Waals surface area contributed by atoms with Crippen molar-refractivity contribution in [2.75, 3.05) is 50.1 Å². The third-order valence-corrected chi connectivity index (χ3v) is 6.11. The summed E-state index contributed by atoms with van der Waals surface area (Å²) >= 11 is 1.61. The van der Waals surface area contributed by atoms with Crippen LogP contribution in [0.2, 0.25) is 0 Å². The van der Waals surface area contributed by atoms with Crippen LogP contribution >= 0.6 is 11.3 Å². The molecule has 0 radical (unpaired) electrons. The van der Waals surface area contributed by atoms with Gasteiger partial charge in [0.15, 0.2) is 5.13 Å². The number of carbonyl (C=O) groups excluding carboxylic acids is 1. The van der Waals surface area contributed by atoms with Crippen LogP contribution in [0, 0.1) is 10.1 Å². The van der Waals surface area contributed by atoms with Crippen LogP contribution in [0.5, 0.6) is 5.75 Å². The Morgan fingerprint density at radius 2 is 1.97 bits per heavy atom. The molecule has 0 atom stereocenters. The highest BCUT2D eigenvalue weighted by molar-refractivity contribution is 7.14. The van der Waals surface area contributed by atoms with Crippen molar-refractivity contribution in [3.05, 3.63) is 64.0 Å². The second-order valence-electron chi connectivity index (χ2n) is 7.37. The smallest absolute Gasteiger partial charge is 0.271 e. The molecule has 1 aromatic heterocycles. The minimum atomic E-state index is -0.479. The number of rotatable bonds is 7. The molecule has 0 spiro atoms. The lowest BCUT2D eigenvalue weighted by atomic mass is 10.2. The van der Waals surface area contributed by atoms with Gasteiger partial charge in [0.1, 0.15) is 5.75 Å².